The molecule has 0 saturated heterocycles. The third-order valence-electron chi connectivity index (χ3n) is 1.43. The SMILES string of the molecule is CC(=O)NC1=C(O)C(C)OC1=O. The Morgan fingerprint density at radius 1 is 1.67 bits per heavy atom. The van der Waals surface area contributed by atoms with Crippen molar-refractivity contribution in [3.63, 3.8) is 0 Å². The molecule has 1 unspecified atom stereocenters. The first-order valence-electron chi connectivity index (χ1n) is 3.44. The molecule has 1 heterocycles. The zero-order valence-corrected chi connectivity index (χ0v) is 6.75. The first-order chi connectivity index (χ1) is 5.52. The van der Waals surface area contributed by atoms with Crippen LogP contribution in [0.5, 0.6) is 0 Å². The summed E-state index contributed by atoms with van der Waals surface area (Å²) in [6.45, 7) is 2.76. The third kappa shape index (κ3) is 1.39. The molecule has 0 bridgehead atoms. The number of aliphatic hydroxyl groups is 1. The van der Waals surface area contributed by atoms with Crippen LogP contribution in [-0.4, -0.2) is 23.1 Å². The Labute approximate surface area is 69.0 Å². The lowest BCUT2D eigenvalue weighted by molar-refractivity contribution is -0.140. The smallest absolute Gasteiger partial charge is 0.359 e. The molecular weight excluding hydrogens is 162 g/mol. The first kappa shape index (κ1) is 8.58. The summed E-state index contributed by atoms with van der Waals surface area (Å²) in [6, 6.07) is 0. The number of ether oxygens (including phenoxy) is 1. The molecule has 0 fully saturated rings. The average molecular weight is 171 g/mol. The normalized spacial score (nSPS) is 22.5. The summed E-state index contributed by atoms with van der Waals surface area (Å²) >= 11 is 0. The lowest BCUT2D eigenvalue weighted by atomic mass is 10.3. The number of carbonyl (C=O) groups excluding carboxylic acids is 2. The molecule has 0 aromatic carbocycles. The first-order valence-corrected chi connectivity index (χ1v) is 3.44. The van der Waals surface area contributed by atoms with E-state index >= 15 is 0 Å². The minimum atomic E-state index is -0.699. The summed E-state index contributed by atoms with van der Waals surface area (Å²) in [7, 11) is 0. The highest BCUT2D eigenvalue weighted by molar-refractivity contribution is 5.95. The van der Waals surface area contributed by atoms with Crippen LogP contribution in [0.15, 0.2) is 11.5 Å². The van der Waals surface area contributed by atoms with Crippen molar-refractivity contribution in [3.8, 4) is 0 Å². The van der Waals surface area contributed by atoms with Crippen molar-refractivity contribution in [2.45, 2.75) is 20.0 Å². The maximum Gasteiger partial charge on any atom is 0.359 e. The molecule has 1 amide bonds. The number of cyclic esters (lactones) is 1. The summed E-state index contributed by atoms with van der Waals surface area (Å²) < 4.78 is 4.61. The van der Waals surface area contributed by atoms with Crippen molar-refractivity contribution in [1.82, 2.24) is 5.32 Å². The molecule has 66 valence electrons. The maximum atomic E-state index is 10.9. The van der Waals surface area contributed by atoms with Crippen molar-refractivity contribution < 1.29 is 19.4 Å². The van der Waals surface area contributed by atoms with Crippen LogP contribution in [0.2, 0.25) is 0 Å². The van der Waals surface area contributed by atoms with Gasteiger partial charge in [-0.2, -0.15) is 0 Å². The van der Waals surface area contributed by atoms with Crippen LogP contribution in [-0.2, 0) is 14.3 Å². The maximum absolute atomic E-state index is 10.9. The number of amides is 1. The zero-order chi connectivity index (χ0) is 9.30. The summed E-state index contributed by atoms with van der Waals surface area (Å²) in [6.07, 6.45) is -0.667. The largest absolute Gasteiger partial charge is 0.506 e. The fourth-order valence-electron chi connectivity index (χ4n) is 0.874. The van der Waals surface area contributed by atoms with Crippen LogP contribution < -0.4 is 5.32 Å². The molecule has 12 heavy (non-hydrogen) atoms. The van der Waals surface area contributed by atoms with E-state index in [1.165, 1.54) is 13.8 Å². The number of hydrogen-bond acceptors (Lipinski definition) is 4. The van der Waals surface area contributed by atoms with Crippen LogP contribution in [0.3, 0.4) is 0 Å². The van der Waals surface area contributed by atoms with Crippen molar-refractivity contribution in [2.24, 2.45) is 0 Å². The van der Waals surface area contributed by atoms with Gasteiger partial charge >= 0.3 is 5.97 Å². The van der Waals surface area contributed by atoms with Crippen molar-refractivity contribution in [1.29, 1.82) is 0 Å². The van der Waals surface area contributed by atoms with Crippen molar-refractivity contribution in [2.75, 3.05) is 0 Å². The molecule has 1 aliphatic heterocycles. The van der Waals surface area contributed by atoms with E-state index in [4.69, 9.17) is 0 Å². The summed E-state index contributed by atoms with van der Waals surface area (Å²) in [5.74, 6) is -1.34. The van der Waals surface area contributed by atoms with E-state index in [1.807, 2.05) is 0 Å². The summed E-state index contributed by atoms with van der Waals surface area (Å²) in [5, 5.41) is 11.4. The van der Waals surface area contributed by atoms with Crippen LogP contribution in [0, 0.1) is 0 Å². The molecule has 0 aromatic rings. The average Bonchev–Trinajstić information content (AvgIpc) is 2.16. The van der Waals surface area contributed by atoms with Gasteiger partial charge in [-0.15, -0.1) is 0 Å². The highest BCUT2D eigenvalue weighted by Crippen LogP contribution is 2.17. The molecule has 0 aromatic heterocycles. The van der Waals surface area contributed by atoms with Gasteiger partial charge in [-0.25, -0.2) is 4.79 Å². The number of esters is 1. The van der Waals surface area contributed by atoms with Crippen molar-refractivity contribution in [3.05, 3.63) is 11.5 Å². The second kappa shape index (κ2) is 2.84. The lowest BCUT2D eigenvalue weighted by Crippen LogP contribution is -2.23. The molecule has 0 saturated carbocycles. The molecule has 2 N–H and O–H groups in total. The second-order valence-corrected chi connectivity index (χ2v) is 2.49. The highest BCUT2D eigenvalue weighted by Gasteiger charge is 2.31. The summed E-state index contributed by atoms with van der Waals surface area (Å²) in [5.41, 5.74) is -0.157. The van der Waals surface area contributed by atoms with Gasteiger partial charge in [-0.3, -0.25) is 4.79 Å². The molecule has 5 nitrogen and oxygen atoms in total. The van der Waals surface area contributed by atoms with Crippen LogP contribution in [0.25, 0.3) is 0 Å². The van der Waals surface area contributed by atoms with Gasteiger partial charge in [0.15, 0.2) is 17.6 Å². The molecule has 0 spiro atoms. The van der Waals surface area contributed by atoms with Crippen molar-refractivity contribution >= 4 is 11.9 Å². The number of aliphatic hydroxyl groups excluding tert-OH is 1. The molecule has 5 heteroatoms. The standard InChI is InChI=1S/C7H9NO4/c1-3-6(10)5(7(11)12-3)8-4(2)9/h3,10H,1-2H3,(H,8,9). The number of hydrogen-bond donors (Lipinski definition) is 2. The highest BCUT2D eigenvalue weighted by atomic mass is 16.6. The second-order valence-electron chi connectivity index (χ2n) is 2.49. The van der Waals surface area contributed by atoms with Crippen LogP contribution in [0.1, 0.15) is 13.8 Å². The van der Waals surface area contributed by atoms with Gasteiger partial charge in [0.25, 0.3) is 0 Å². The Kier molecular flexibility index (Phi) is 2.03. The van der Waals surface area contributed by atoms with E-state index in [2.05, 4.69) is 10.1 Å². The van der Waals surface area contributed by atoms with E-state index in [0.29, 0.717) is 0 Å². The molecule has 1 atom stereocenters. The van der Waals surface area contributed by atoms with Gasteiger partial charge in [0.1, 0.15) is 0 Å². The number of rotatable bonds is 1. The zero-order valence-electron chi connectivity index (χ0n) is 6.75. The van der Waals surface area contributed by atoms with E-state index < -0.39 is 18.0 Å². The van der Waals surface area contributed by atoms with E-state index in [0.717, 1.165) is 0 Å². The summed E-state index contributed by atoms with van der Waals surface area (Å²) in [4.78, 5) is 21.4. The van der Waals surface area contributed by atoms with Gasteiger partial charge < -0.3 is 15.2 Å². The van der Waals surface area contributed by atoms with Gasteiger partial charge in [0, 0.05) is 6.92 Å². The van der Waals surface area contributed by atoms with E-state index in [-0.39, 0.29) is 11.5 Å². The van der Waals surface area contributed by atoms with Gasteiger partial charge in [-0.05, 0) is 6.92 Å². The Balaban J connectivity index is 2.85. The van der Waals surface area contributed by atoms with Crippen LogP contribution in [0.4, 0.5) is 0 Å². The topological polar surface area (TPSA) is 75.6 Å². The Morgan fingerprint density at radius 3 is 2.58 bits per heavy atom. The number of carbonyl (C=O) groups is 2. The minimum Gasteiger partial charge on any atom is -0.506 e. The lowest BCUT2D eigenvalue weighted by Gasteiger charge is -1.98. The monoisotopic (exact) mass is 171 g/mol. The van der Waals surface area contributed by atoms with Gasteiger partial charge in [0.2, 0.25) is 5.91 Å². The molecular formula is C7H9NO4. The molecule has 0 aliphatic carbocycles. The van der Waals surface area contributed by atoms with Gasteiger partial charge in [-0.1, -0.05) is 0 Å². The van der Waals surface area contributed by atoms with E-state index in [1.54, 1.807) is 0 Å². The molecule has 1 aliphatic rings. The Morgan fingerprint density at radius 2 is 2.25 bits per heavy atom. The fraction of sp³-hybridized carbons (Fsp3) is 0.429. The Hall–Kier alpha value is -1.52. The predicted molar refractivity (Wildman–Crippen MR) is 39.0 cm³/mol. The quantitative estimate of drug-likeness (QED) is 0.537. The van der Waals surface area contributed by atoms with E-state index in [9.17, 15) is 14.7 Å². The molecule has 0 radical (unpaired) electrons. The fourth-order valence-corrected chi connectivity index (χ4v) is 0.874. The molecule has 1 rings (SSSR count). The minimum absolute atomic E-state index is 0.157. The number of nitrogens with one attached hydrogen (secondary N) is 1. The van der Waals surface area contributed by atoms with Crippen LogP contribution >= 0.6 is 0 Å². The van der Waals surface area contributed by atoms with Gasteiger partial charge in [0.05, 0.1) is 0 Å². The predicted octanol–water partition coefficient (Wildman–Crippen LogP) is -0.163. The third-order valence-corrected chi connectivity index (χ3v) is 1.43. The Bertz CT molecular complexity index is 269.